The molecule has 74 valence electrons. The van der Waals surface area contributed by atoms with Crippen LogP contribution in [0.1, 0.15) is 16.7 Å². The summed E-state index contributed by atoms with van der Waals surface area (Å²) in [5.41, 5.74) is 8.67. The lowest BCUT2D eigenvalue weighted by molar-refractivity contribution is 0.185. The molecule has 1 rings (SSSR count). The van der Waals surface area contributed by atoms with Gasteiger partial charge in [-0.25, -0.2) is 0 Å². The molecule has 2 nitrogen and oxygen atoms in total. The topological polar surface area (TPSA) is 35.2 Å². The fourth-order valence-electron chi connectivity index (χ4n) is 1.21. The van der Waals surface area contributed by atoms with E-state index < -0.39 is 0 Å². The molecule has 0 atom stereocenters. The average Bonchev–Trinajstić information content (AvgIpc) is 2.19. The van der Waals surface area contributed by atoms with Gasteiger partial charge in [-0.15, -0.1) is 0 Å². The number of methoxy groups -OCH3 is 1. The largest absolute Gasteiger partial charge is 0.380 e. The van der Waals surface area contributed by atoms with E-state index in [0.29, 0.717) is 13.2 Å². The maximum atomic E-state index is 5.32. The van der Waals surface area contributed by atoms with Crippen LogP contribution in [0.3, 0.4) is 0 Å². The summed E-state index contributed by atoms with van der Waals surface area (Å²) in [5.74, 6) is 5.89. The third-order valence-electron chi connectivity index (χ3n) is 1.94. The highest BCUT2D eigenvalue weighted by atomic mass is 16.5. The van der Waals surface area contributed by atoms with Gasteiger partial charge in [-0.1, -0.05) is 24.0 Å². The van der Waals surface area contributed by atoms with Gasteiger partial charge in [-0.2, -0.15) is 0 Å². The van der Waals surface area contributed by atoms with E-state index in [2.05, 4.69) is 17.9 Å². The molecule has 0 amide bonds. The molecule has 2 N–H and O–H groups in total. The van der Waals surface area contributed by atoms with Crippen molar-refractivity contribution in [2.45, 2.75) is 13.5 Å². The molecule has 0 fully saturated rings. The van der Waals surface area contributed by atoms with Crippen LogP contribution in [0.5, 0.6) is 0 Å². The van der Waals surface area contributed by atoms with Gasteiger partial charge in [0.25, 0.3) is 0 Å². The van der Waals surface area contributed by atoms with Gasteiger partial charge in [0.1, 0.15) is 0 Å². The number of nitrogens with two attached hydrogens (primary N) is 1. The van der Waals surface area contributed by atoms with Crippen LogP contribution in [0.25, 0.3) is 0 Å². The van der Waals surface area contributed by atoms with Crippen LogP contribution in [0.2, 0.25) is 0 Å². The molecule has 0 aliphatic carbocycles. The fourth-order valence-corrected chi connectivity index (χ4v) is 1.21. The minimum atomic E-state index is 0.397. The van der Waals surface area contributed by atoms with Gasteiger partial charge >= 0.3 is 0 Å². The van der Waals surface area contributed by atoms with Crippen LogP contribution >= 0.6 is 0 Å². The number of ether oxygens (including phenoxy) is 1. The Hall–Kier alpha value is -1.30. The first-order valence-electron chi connectivity index (χ1n) is 4.55. The Morgan fingerprint density at radius 1 is 1.43 bits per heavy atom. The molecule has 1 aromatic rings. The molecule has 0 aliphatic rings. The first-order valence-corrected chi connectivity index (χ1v) is 4.55. The quantitative estimate of drug-likeness (QED) is 0.715. The zero-order chi connectivity index (χ0) is 10.4. The molecule has 0 radical (unpaired) electrons. The summed E-state index contributed by atoms with van der Waals surface area (Å²) in [6.07, 6.45) is 0. The Labute approximate surface area is 85.1 Å². The lowest BCUT2D eigenvalue weighted by Crippen LogP contribution is -1.94. The van der Waals surface area contributed by atoms with E-state index in [1.807, 2.05) is 19.1 Å². The molecule has 1 aromatic carbocycles. The summed E-state index contributed by atoms with van der Waals surface area (Å²) in [5, 5.41) is 0. The zero-order valence-corrected chi connectivity index (χ0v) is 8.63. The predicted molar refractivity (Wildman–Crippen MR) is 57.8 cm³/mol. The third-order valence-corrected chi connectivity index (χ3v) is 1.94. The van der Waals surface area contributed by atoms with Crippen molar-refractivity contribution in [3.8, 4) is 11.8 Å². The first-order chi connectivity index (χ1) is 6.77. The first kappa shape index (κ1) is 10.8. The zero-order valence-electron chi connectivity index (χ0n) is 8.63. The smallest absolute Gasteiger partial charge is 0.0713 e. The minimum Gasteiger partial charge on any atom is -0.380 e. The van der Waals surface area contributed by atoms with Crippen molar-refractivity contribution in [1.82, 2.24) is 0 Å². The number of hydrogen-bond donors (Lipinski definition) is 1. The van der Waals surface area contributed by atoms with Crippen molar-refractivity contribution < 1.29 is 4.74 Å². The SMILES string of the molecule is COCc1ccc(C)c(C#CCN)c1. The second-order valence-electron chi connectivity index (χ2n) is 3.09. The van der Waals surface area contributed by atoms with Crippen molar-refractivity contribution in [2.75, 3.05) is 13.7 Å². The van der Waals surface area contributed by atoms with Crippen molar-refractivity contribution in [3.05, 3.63) is 34.9 Å². The standard InChI is InChI=1S/C12H15NO/c1-10-5-6-11(9-14-2)8-12(10)4-3-7-13/h5-6,8H,7,9,13H2,1-2H3. The molecule has 0 heterocycles. The van der Waals surface area contributed by atoms with Crippen LogP contribution in [0, 0.1) is 18.8 Å². The van der Waals surface area contributed by atoms with E-state index in [4.69, 9.17) is 10.5 Å². The highest BCUT2D eigenvalue weighted by molar-refractivity contribution is 5.43. The normalized spacial score (nSPS) is 9.36. The molecule has 0 unspecified atom stereocenters. The van der Waals surface area contributed by atoms with E-state index >= 15 is 0 Å². The summed E-state index contributed by atoms with van der Waals surface area (Å²) in [6, 6.07) is 6.14. The van der Waals surface area contributed by atoms with Crippen molar-refractivity contribution in [1.29, 1.82) is 0 Å². The Bertz CT molecular complexity index is 360. The Morgan fingerprint density at radius 3 is 2.86 bits per heavy atom. The second kappa shape index (κ2) is 5.43. The van der Waals surface area contributed by atoms with E-state index in [9.17, 15) is 0 Å². The maximum Gasteiger partial charge on any atom is 0.0713 e. The van der Waals surface area contributed by atoms with Crippen LogP contribution in [0.15, 0.2) is 18.2 Å². The van der Waals surface area contributed by atoms with Crippen molar-refractivity contribution in [3.63, 3.8) is 0 Å². The van der Waals surface area contributed by atoms with Gasteiger partial charge in [-0.3, -0.25) is 0 Å². The Balaban J connectivity index is 2.96. The Morgan fingerprint density at radius 2 is 2.21 bits per heavy atom. The molecular formula is C12H15NO. The van der Waals surface area contributed by atoms with E-state index in [-0.39, 0.29) is 0 Å². The van der Waals surface area contributed by atoms with E-state index in [0.717, 1.165) is 11.1 Å². The monoisotopic (exact) mass is 189 g/mol. The van der Waals surface area contributed by atoms with Crippen molar-refractivity contribution in [2.24, 2.45) is 5.73 Å². The van der Waals surface area contributed by atoms with Gasteiger partial charge in [0, 0.05) is 12.7 Å². The highest BCUT2D eigenvalue weighted by Gasteiger charge is 1.97. The van der Waals surface area contributed by atoms with E-state index in [1.54, 1.807) is 7.11 Å². The summed E-state index contributed by atoms with van der Waals surface area (Å²) in [4.78, 5) is 0. The number of rotatable bonds is 2. The van der Waals surface area contributed by atoms with Gasteiger partial charge in [-0.05, 0) is 24.1 Å². The summed E-state index contributed by atoms with van der Waals surface area (Å²) in [6.45, 7) is 3.06. The molecule has 0 aliphatic heterocycles. The fraction of sp³-hybridized carbons (Fsp3) is 0.333. The molecule has 0 aromatic heterocycles. The lowest BCUT2D eigenvalue weighted by atomic mass is 10.1. The van der Waals surface area contributed by atoms with Crippen LogP contribution in [-0.2, 0) is 11.3 Å². The van der Waals surface area contributed by atoms with E-state index in [1.165, 1.54) is 5.56 Å². The predicted octanol–water partition coefficient (Wildman–Crippen LogP) is 1.45. The second-order valence-corrected chi connectivity index (χ2v) is 3.09. The lowest BCUT2D eigenvalue weighted by Gasteiger charge is -2.02. The van der Waals surface area contributed by atoms with Gasteiger partial charge in [0.15, 0.2) is 0 Å². The summed E-state index contributed by atoms with van der Waals surface area (Å²) >= 11 is 0. The number of hydrogen-bond acceptors (Lipinski definition) is 2. The maximum absolute atomic E-state index is 5.32. The van der Waals surface area contributed by atoms with Gasteiger partial charge < -0.3 is 10.5 Å². The van der Waals surface area contributed by atoms with Crippen LogP contribution in [-0.4, -0.2) is 13.7 Å². The molecular weight excluding hydrogens is 174 g/mol. The third kappa shape index (κ3) is 2.88. The van der Waals surface area contributed by atoms with Gasteiger partial charge in [0.05, 0.1) is 13.2 Å². The molecule has 0 saturated carbocycles. The molecule has 0 saturated heterocycles. The highest BCUT2D eigenvalue weighted by Crippen LogP contribution is 2.10. The molecule has 0 bridgehead atoms. The average molecular weight is 189 g/mol. The number of aryl methyl sites for hydroxylation is 1. The summed E-state index contributed by atoms with van der Waals surface area (Å²) in [7, 11) is 1.69. The van der Waals surface area contributed by atoms with Crippen LogP contribution < -0.4 is 5.73 Å². The number of benzene rings is 1. The van der Waals surface area contributed by atoms with Crippen molar-refractivity contribution >= 4 is 0 Å². The minimum absolute atomic E-state index is 0.397. The molecule has 14 heavy (non-hydrogen) atoms. The molecule has 0 spiro atoms. The van der Waals surface area contributed by atoms with Crippen LogP contribution in [0.4, 0.5) is 0 Å². The summed E-state index contributed by atoms with van der Waals surface area (Å²) < 4.78 is 5.05. The van der Waals surface area contributed by atoms with Gasteiger partial charge in [0.2, 0.25) is 0 Å². The Kier molecular flexibility index (Phi) is 4.18. The molecule has 2 heteroatoms.